The highest BCUT2D eigenvalue weighted by molar-refractivity contribution is 7.89. The number of nitrogens with zero attached hydrogens (tertiary/aromatic N) is 1. The van der Waals surface area contributed by atoms with Gasteiger partial charge in [-0.15, -0.1) is 0 Å². The van der Waals surface area contributed by atoms with Gasteiger partial charge in [-0.05, 0) is 25.7 Å². The zero-order chi connectivity index (χ0) is 17.9. The van der Waals surface area contributed by atoms with Crippen molar-refractivity contribution in [1.29, 1.82) is 0 Å². The number of ether oxygens (including phenoxy) is 3. The number of benzene rings is 1. The van der Waals surface area contributed by atoms with Crippen molar-refractivity contribution in [3.05, 3.63) is 12.1 Å². The summed E-state index contributed by atoms with van der Waals surface area (Å²) in [5.41, 5.74) is 5.93. The molecule has 1 heterocycles. The third-order valence-corrected chi connectivity index (χ3v) is 6.47. The third kappa shape index (κ3) is 3.60. The second kappa shape index (κ2) is 7.58. The van der Waals surface area contributed by atoms with Gasteiger partial charge in [-0.3, -0.25) is 0 Å². The number of methoxy groups -OCH3 is 3. The summed E-state index contributed by atoms with van der Waals surface area (Å²) in [6.07, 6.45) is 1.50. The molecule has 1 unspecified atom stereocenters. The average molecular weight is 358 g/mol. The van der Waals surface area contributed by atoms with Gasteiger partial charge in [0.05, 0.1) is 21.3 Å². The lowest BCUT2D eigenvalue weighted by Gasteiger charge is -2.33. The Morgan fingerprint density at radius 1 is 1.08 bits per heavy atom. The minimum atomic E-state index is -3.73. The van der Waals surface area contributed by atoms with Gasteiger partial charge in [-0.2, -0.15) is 4.31 Å². The number of sulfonamides is 1. The average Bonchev–Trinajstić information content (AvgIpc) is 2.60. The first kappa shape index (κ1) is 18.8. The first-order valence-electron chi connectivity index (χ1n) is 7.90. The summed E-state index contributed by atoms with van der Waals surface area (Å²) in [7, 11) is 0.619. The first-order valence-corrected chi connectivity index (χ1v) is 9.34. The minimum absolute atomic E-state index is 0.0348. The predicted octanol–water partition coefficient (Wildman–Crippen LogP) is 1.46. The number of piperidine rings is 1. The standard InChI is InChI=1S/C16H26N2O5S/c1-11(17)12-5-7-18(8-6-12)24(19,20)16-14(22-3)9-13(21-2)10-15(16)23-4/h9-12H,5-8,17H2,1-4H3. The molecule has 1 aliphatic rings. The van der Waals surface area contributed by atoms with Crippen molar-refractivity contribution in [2.45, 2.75) is 30.7 Å². The number of rotatable bonds is 6. The van der Waals surface area contributed by atoms with Crippen molar-refractivity contribution >= 4 is 10.0 Å². The van der Waals surface area contributed by atoms with Crippen molar-refractivity contribution in [2.75, 3.05) is 34.4 Å². The normalized spacial score (nSPS) is 18.2. The lowest BCUT2D eigenvalue weighted by molar-refractivity contribution is 0.249. The van der Waals surface area contributed by atoms with Gasteiger partial charge in [-0.25, -0.2) is 8.42 Å². The summed E-state index contributed by atoms with van der Waals surface area (Å²) in [5.74, 6) is 1.23. The lowest BCUT2D eigenvalue weighted by Crippen LogP contribution is -2.42. The van der Waals surface area contributed by atoms with Crippen molar-refractivity contribution in [2.24, 2.45) is 11.7 Å². The highest BCUT2D eigenvalue weighted by Gasteiger charge is 2.35. The molecule has 7 nitrogen and oxygen atoms in total. The molecule has 1 aliphatic heterocycles. The van der Waals surface area contributed by atoms with E-state index in [9.17, 15) is 8.42 Å². The molecule has 0 amide bonds. The van der Waals surface area contributed by atoms with Crippen molar-refractivity contribution in [3.8, 4) is 17.2 Å². The summed E-state index contributed by atoms with van der Waals surface area (Å²) in [4.78, 5) is 0.0348. The molecule has 24 heavy (non-hydrogen) atoms. The maximum atomic E-state index is 13.1. The van der Waals surface area contributed by atoms with Crippen LogP contribution in [0.25, 0.3) is 0 Å². The first-order chi connectivity index (χ1) is 11.3. The molecule has 0 bridgehead atoms. The van der Waals surface area contributed by atoms with Crippen LogP contribution in [0.3, 0.4) is 0 Å². The molecule has 1 atom stereocenters. The number of hydrogen-bond donors (Lipinski definition) is 1. The van der Waals surface area contributed by atoms with Crippen LogP contribution in [0.1, 0.15) is 19.8 Å². The molecular formula is C16H26N2O5S. The van der Waals surface area contributed by atoms with Crippen molar-refractivity contribution < 1.29 is 22.6 Å². The lowest BCUT2D eigenvalue weighted by atomic mass is 9.92. The number of hydrogen-bond acceptors (Lipinski definition) is 6. The second-order valence-corrected chi connectivity index (χ2v) is 7.84. The van der Waals surface area contributed by atoms with Gasteiger partial charge in [0.2, 0.25) is 10.0 Å². The Morgan fingerprint density at radius 3 is 1.96 bits per heavy atom. The third-order valence-electron chi connectivity index (χ3n) is 4.51. The number of nitrogens with two attached hydrogens (primary N) is 1. The molecule has 0 aliphatic carbocycles. The van der Waals surface area contributed by atoms with E-state index in [1.807, 2.05) is 6.92 Å². The summed E-state index contributed by atoms with van der Waals surface area (Å²) < 4.78 is 43.4. The largest absolute Gasteiger partial charge is 0.496 e. The Kier molecular flexibility index (Phi) is 5.95. The zero-order valence-corrected chi connectivity index (χ0v) is 15.4. The minimum Gasteiger partial charge on any atom is -0.496 e. The van der Waals surface area contributed by atoms with Gasteiger partial charge >= 0.3 is 0 Å². The Bertz CT molecular complexity index is 642. The Labute approximate surface area is 143 Å². The summed E-state index contributed by atoms with van der Waals surface area (Å²) in [5, 5.41) is 0. The van der Waals surface area contributed by atoms with Gasteiger partial charge in [0.25, 0.3) is 0 Å². The van der Waals surface area contributed by atoms with E-state index in [1.165, 1.54) is 25.6 Å². The molecule has 0 radical (unpaired) electrons. The Morgan fingerprint density at radius 2 is 1.58 bits per heavy atom. The van der Waals surface area contributed by atoms with E-state index >= 15 is 0 Å². The van der Waals surface area contributed by atoms with Gasteiger partial charge < -0.3 is 19.9 Å². The second-order valence-electron chi connectivity index (χ2n) is 5.96. The maximum absolute atomic E-state index is 13.1. The van der Waals surface area contributed by atoms with E-state index in [-0.39, 0.29) is 22.4 Å². The fraction of sp³-hybridized carbons (Fsp3) is 0.625. The van der Waals surface area contributed by atoms with Crippen LogP contribution in [-0.4, -0.2) is 53.2 Å². The fourth-order valence-electron chi connectivity index (χ4n) is 3.00. The van der Waals surface area contributed by atoms with E-state index in [4.69, 9.17) is 19.9 Å². The maximum Gasteiger partial charge on any atom is 0.250 e. The van der Waals surface area contributed by atoms with Crippen LogP contribution in [0.4, 0.5) is 0 Å². The molecule has 1 aromatic carbocycles. The van der Waals surface area contributed by atoms with Gasteiger partial charge in [0.1, 0.15) is 17.2 Å². The van der Waals surface area contributed by atoms with E-state index in [1.54, 1.807) is 12.1 Å². The predicted molar refractivity (Wildman–Crippen MR) is 91.2 cm³/mol. The molecule has 1 aromatic rings. The van der Waals surface area contributed by atoms with Gasteiger partial charge in [0.15, 0.2) is 4.90 Å². The van der Waals surface area contributed by atoms with E-state index in [0.29, 0.717) is 24.8 Å². The van der Waals surface area contributed by atoms with Crippen molar-refractivity contribution in [1.82, 2.24) is 4.31 Å². The van der Waals surface area contributed by atoms with Gasteiger partial charge in [-0.1, -0.05) is 0 Å². The van der Waals surface area contributed by atoms with Gasteiger partial charge in [0, 0.05) is 31.3 Å². The topological polar surface area (TPSA) is 91.1 Å². The van der Waals surface area contributed by atoms with Crippen LogP contribution in [0.5, 0.6) is 17.2 Å². The van der Waals surface area contributed by atoms with Crippen LogP contribution < -0.4 is 19.9 Å². The highest BCUT2D eigenvalue weighted by Crippen LogP contribution is 2.40. The van der Waals surface area contributed by atoms with E-state index in [2.05, 4.69) is 0 Å². The molecule has 1 fully saturated rings. The van der Waals surface area contributed by atoms with E-state index < -0.39 is 10.0 Å². The van der Waals surface area contributed by atoms with Crippen molar-refractivity contribution in [3.63, 3.8) is 0 Å². The molecule has 0 aromatic heterocycles. The fourth-order valence-corrected chi connectivity index (χ4v) is 4.74. The highest BCUT2D eigenvalue weighted by atomic mass is 32.2. The Hall–Kier alpha value is -1.51. The Balaban J connectivity index is 2.39. The monoisotopic (exact) mass is 358 g/mol. The van der Waals surface area contributed by atoms with Crippen LogP contribution in [0.2, 0.25) is 0 Å². The molecule has 8 heteroatoms. The summed E-state index contributed by atoms with van der Waals surface area (Å²) in [6.45, 7) is 2.84. The van der Waals surface area contributed by atoms with Crippen LogP contribution >= 0.6 is 0 Å². The zero-order valence-electron chi connectivity index (χ0n) is 14.6. The molecule has 1 saturated heterocycles. The molecular weight excluding hydrogens is 332 g/mol. The quantitative estimate of drug-likeness (QED) is 0.828. The van der Waals surface area contributed by atoms with Crippen LogP contribution in [0.15, 0.2) is 17.0 Å². The summed E-state index contributed by atoms with van der Waals surface area (Å²) >= 11 is 0. The van der Waals surface area contributed by atoms with E-state index in [0.717, 1.165) is 12.8 Å². The molecule has 0 spiro atoms. The van der Waals surface area contributed by atoms with Crippen LogP contribution in [-0.2, 0) is 10.0 Å². The molecule has 2 N–H and O–H groups in total. The molecule has 2 rings (SSSR count). The SMILES string of the molecule is COc1cc(OC)c(S(=O)(=O)N2CCC(C(C)N)CC2)c(OC)c1. The smallest absolute Gasteiger partial charge is 0.250 e. The van der Waals surface area contributed by atoms with Crippen LogP contribution in [0, 0.1) is 5.92 Å². The molecule has 0 saturated carbocycles. The summed E-state index contributed by atoms with van der Waals surface area (Å²) in [6, 6.07) is 3.16. The molecule has 136 valence electrons.